The van der Waals surface area contributed by atoms with Crippen molar-refractivity contribution in [3.05, 3.63) is 46.8 Å². The monoisotopic (exact) mass is 232 g/mol. The number of benzene rings is 1. The molecule has 0 aliphatic heterocycles. The quantitative estimate of drug-likeness (QED) is 0.744. The molecule has 90 valence electrons. The number of aryl methyl sites for hydroxylation is 1. The maximum Gasteiger partial charge on any atom is 0.441 e. The number of nitrogens with zero attached hydrogens (tertiary/aromatic N) is 2. The van der Waals surface area contributed by atoms with E-state index in [1.54, 1.807) is 0 Å². The summed E-state index contributed by atoms with van der Waals surface area (Å²) >= 11 is 0. The van der Waals surface area contributed by atoms with Crippen molar-refractivity contribution in [3.8, 4) is 5.69 Å². The van der Waals surface area contributed by atoms with Crippen molar-refractivity contribution in [2.75, 3.05) is 0 Å². The van der Waals surface area contributed by atoms with E-state index < -0.39 is 5.76 Å². The topological polar surface area (TPSA) is 48.0 Å². The minimum absolute atomic E-state index is 0.414. The van der Waals surface area contributed by atoms with Gasteiger partial charge in [-0.25, -0.2) is 4.79 Å². The molecule has 1 aromatic heterocycles. The smallest absolute Gasteiger partial charge is 0.392 e. The van der Waals surface area contributed by atoms with Crippen molar-refractivity contribution in [3.63, 3.8) is 0 Å². The predicted molar refractivity (Wildman–Crippen MR) is 65.3 cm³/mol. The van der Waals surface area contributed by atoms with Gasteiger partial charge in [0.25, 0.3) is 0 Å². The average molecular weight is 232 g/mol. The van der Waals surface area contributed by atoms with E-state index in [1.165, 1.54) is 4.68 Å². The van der Waals surface area contributed by atoms with Crippen LogP contribution in [-0.4, -0.2) is 9.78 Å². The molecule has 0 radical (unpaired) electrons. The van der Waals surface area contributed by atoms with Crippen LogP contribution in [0.4, 0.5) is 0 Å². The van der Waals surface area contributed by atoms with Crippen LogP contribution in [0.5, 0.6) is 0 Å². The zero-order chi connectivity index (χ0) is 12.1. The summed E-state index contributed by atoms with van der Waals surface area (Å²) in [6, 6.07) is 9.30. The van der Waals surface area contributed by atoms with Gasteiger partial charge in [-0.05, 0) is 18.6 Å². The van der Waals surface area contributed by atoms with Gasteiger partial charge in [-0.3, -0.25) is 0 Å². The van der Waals surface area contributed by atoms with Crippen molar-refractivity contribution >= 4 is 0 Å². The summed E-state index contributed by atoms with van der Waals surface area (Å²) in [4.78, 5) is 11.6. The first-order chi connectivity index (χ1) is 8.31. The summed E-state index contributed by atoms with van der Waals surface area (Å²) in [7, 11) is 0. The summed E-state index contributed by atoms with van der Waals surface area (Å²) in [6.45, 7) is 2.14. The van der Waals surface area contributed by atoms with Gasteiger partial charge in [-0.1, -0.05) is 38.0 Å². The minimum atomic E-state index is -0.414. The second kappa shape index (κ2) is 5.48. The fourth-order valence-corrected chi connectivity index (χ4v) is 1.68. The van der Waals surface area contributed by atoms with E-state index >= 15 is 0 Å². The lowest BCUT2D eigenvalue weighted by molar-refractivity contribution is 0.449. The third-order valence-corrected chi connectivity index (χ3v) is 2.58. The van der Waals surface area contributed by atoms with E-state index in [4.69, 9.17) is 4.42 Å². The van der Waals surface area contributed by atoms with Gasteiger partial charge < -0.3 is 4.42 Å². The molecule has 0 saturated carbocycles. The highest BCUT2D eigenvalue weighted by molar-refractivity contribution is 5.29. The normalized spacial score (nSPS) is 10.6. The first-order valence-electron chi connectivity index (χ1n) is 5.95. The largest absolute Gasteiger partial charge is 0.441 e. The molecule has 1 heterocycles. The van der Waals surface area contributed by atoms with E-state index in [0.717, 1.165) is 31.4 Å². The number of unbranched alkanes of at least 4 members (excludes halogenated alkanes) is 2. The second-order valence-corrected chi connectivity index (χ2v) is 3.97. The highest BCUT2D eigenvalue weighted by Crippen LogP contribution is 2.06. The van der Waals surface area contributed by atoms with Crippen LogP contribution in [-0.2, 0) is 6.42 Å². The van der Waals surface area contributed by atoms with Gasteiger partial charge >= 0.3 is 5.76 Å². The molecule has 1 aromatic carbocycles. The Bertz CT molecular complexity index is 514. The second-order valence-electron chi connectivity index (χ2n) is 3.97. The highest BCUT2D eigenvalue weighted by atomic mass is 16.4. The molecule has 17 heavy (non-hydrogen) atoms. The molecule has 0 fully saturated rings. The molecule has 0 atom stereocenters. The zero-order valence-electron chi connectivity index (χ0n) is 9.93. The summed E-state index contributed by atoms with van der Waals surface area (Å²) in [5, 5.41) is 4.19. The van der Waals surface area contributed by atoms with E-state index in [9.17, 15) is 4.79 Å². The molecule has 2 rings (SSSR count). The van der Waals surface area contributed by atoms with Crippen LogP contribution in [0.1, 0.15) is 32.1 Å². The van der Waals surface area contributed by atoms with Gasteiger partial charge in [-0.15, -0.1) is 5.10 Å². The minimum Gasteiger partial charge on any atom is -0.392 e. The SMILES string of the molecule is CCCCCc1nn(-c2ccccc2)c(=O)o1. The molecule has 0 aliphatic carbocycles. The van der Waals surface area contributed by atoms with Gasteiger partial charge in [0, 0.05) is 6.42 Å². The number of aromatic nitrogens is 2. The molecule has 0 saturated heterocycles. The van der Waals surface area contributed by atoms with Crippen LogP contribution in [0.25, 0.3) is 5.69 Å². The Balaban J connectivity index is 2.17. The maximum absolute atomic E-state index is 11.6. The average Bonchev–Trinajstić information content (AvgIpc) is 2.72. The lowest BCUT2D eigenvalue weighted by atomic mass is 10.2. The van der Waals surface area contributed by atoms with E-state index in [2.05, 4.69) is 12.0 Å². The molecular formula is C13H16N2O2. The first-order valence-corrected chi connectivity index (χ1v) is 5.95. The van der Waals surface area contributed by atoms with Crippen molar-refractivity contribution in [2.45, 2.75) is 32.6 Å². The van der Waals surface area contributed by atoms with E-state index in [0.29, 0.717) is 5.89 Å². The fraction of sp³-hybridized carbons (Fsp3) is 0.385. The number of hydrogen-bond acceptors (Lipinski definition) is 3. The van der Waals surface area contributed by atoms with E-state index in [-0.39, 0.29) is 0 Å². The zero-order valence-corrected chi connectivity index (χ0v) is 9.93. The summed E-state index contributed by atoms with van der Waals surface area (Å²) in [5.41, 5.74) is 0.739. The van der Waals surface area contributed by atoms with Crippen molar-refractivity contribution < 1.29 is 4.42 Å². The molecule has 0 aliphatic rings. The van der Waals surface area contributed by atoms with Gasteiger partial charge in [0.15, 0.2) is 0 Å². The number of rotatable bonds is 5. The van der Waals surface area contributed by atoms with Crippen LogP contribution in [0.15, 0.2) is 39.5 Å². The summed E-state index contributed by atoms with van der Waals surface area (Å²) < 4.78 is 6.42. The van der Waals surface area contributed by atoms with Gasteiger partial charge in [0.05, 0.1) is 5.69 Å². The number of hydrogen-bond donors (Lipinski definition) is 0. The van der Waals surface area contributed by atoms with Gasteiger partial charge in [-0.2, -0.15) is 4.68 Å². The molecule has 0 spiro atoms. The lowest BCUT2D eigenvalue weighted by Crippen LogP contribution is -2.12. The molecule has 2 aromatic rings. The Morgan fingerprint density at radius 1 is 1.24 bits per heavy atom. The highest BCUT2D eigenvalue weighted by Gasteiger charge is 2.08. The predicted octanol–water partition coefficient (Wildman–Crippen LogP) is 2.56. The lowest BCUT2D eigenvalue weighted by Gasteiger charge is -1.95. The van der Waals surface area contributed by atoms with Gasteiger partial charge in [0.2, 0.25) is 5.89 Å². The summed E-state index contributed by atoms with van der Waals surface area (Å²) in [6.07, 6.45) is 4.00. The van der Waals surface area contributed by atoms with Crippen LogP contribution in [0.2, 0.25) is 0 Å². The molecule has 0 amide bonds. The van der Waals surface area contributed by atoms with Gasteiger partial charge in [0.1, 0.15) is 0 Å². The van der Waals surface area contributed by atoms with Crippen LogP contribution in [0, 0.1) is 0 Å². The van der Waals surface area contributed by atoms with Crippen molar-refractivity contribution in [2.24, 2.45) is 0 Å². The fourth-order valence-electron chi connectivity index (χ4n) is 1.68. The van der Waals surface area contributed by atoms with Crippen molar-refractivity contribution in [1.29, 1.82) is 0 Å². The van der Waals surface area contributed by atoms with Crippen molar-refractivity contribution in [1.82, 2.24) is 9.78 Å². The first kappa shape index (κ1) is 11.6. The Morgan fingerprint density at radius 2 is 2.00 bits per heavy atom. The molecule has 0 bridgehead atoms. The third-order valence-electron chi connectivity index (χ3n) is 2.58. The Morgan fingerprint density at radius 3 is 2.71 bits per heavy atom. The molecule has 0 unspecified atom stereocenters. The van der Waals surface area contributed by atoms with Crippen LogP contribution >= 0.6 is 0 Å². The van der Waals surface area contributed by atoms with E-state index in [1.807, 2.05) is 30.3 Å². The third kappa shape index (κ3) is 2.84. The standard InChI is InChI=1S/C13H16N2O2/c1-2-3-5-10-12-14-15(13(16)17-12)11-8-6-4-7-9-11/h4,6-9H,2-3,5,10H2,1H3. The molecular weight excluding hydrogens is 216 g/mol. The van der Waals surface area contributed by atoms with Crippen LogP contribution in [0.3, 0.4) is 0 Å². The number of para-hydroxylation sites is 1. The molecule has 0 N–H and O–H groups in total. The summed E-state index contributed by atoms with van der Waals surface area (Å²) in [5.74, 6) is 0.106. The molecule has 4 nitrogen and oxygen atoms in total. The van der Waals surface area contributed by atoms with Crippen LogP contribution < -0.4 is 5.76 Å². The Labute approximate surface area is 99.9 Å². The Hall–Kier alpha value is -1.84. The molecule has 4 heteroatoms. The Kier molecular flexibility index (Phi) is 3.75. The maximum atomic E-state index is 11.6.